The first-order chi connectivity index (χ1) is 10.5. The molecular formula is C16H15N2O3S+. The molecule has 1 N–H and O–H groups in total. The van der Waals surface area contributed by atoms with Gasteiger partial charge in [0.15, 0.2) is 6.20 Å². The molecule has 22 heavy (non-hydrogen) atoms. The van der Waals surface area contributed by atoms with E-state index < -0.39 is 11.4 Å². The van der Waals surface area contributed by atoms with Gasteiger partial charge >= 0.3 is 5.97 Å². The molecule has 0 saturated carbocycles. The molecule has 0 fully saturated rings. The molecule has 3 aromatic rings. The molecule has 0 spiro atoms. The zero-order chi connectivity index (χ0) is 15.9. The lowest BCUT2D eigenvalue weighted by molar-refractivity contribution is -0.655. The molecule has 0 atom stereocenters. The van der Waals surface area contributed by atoms with Gasteiger partial charge in [0.2, 0.25) is 5.43 Å². The van der Waals surface area contributed by atoms with E-state index >= 15 is 0 Å². The van der Waals surface area contributed by atoms with Crippen molar-refractivity contribution in [1.82, 2.24) is 4.57 Å². The molecule has 6 heteroatoms. The Hall–Kier alpha value is -2.47. The van der Waals surface area contributed by atoms with Crippen LogP contribution >= 0.6 is 11.3 Å². The van der Waals surface area contributed by atoms with E-state index in [-0.39, 0.29) is 5.56 Å². The number of hydrogen-bond donors (Lipinski definition) is 1. The molecule has 112 valence electrons. The molecule has 0 aliphatic carbocycles. The van der Waals surface area contributed by atoms with Crippen molar-refractivity contribution in [3.05, 3.63) is 51.8 Å². The zero-order valence-corrected chi connectivity index (χ0v) is 13.1. The maximum atomic E-state index is 12.3. The van der Waals surface area contributed by atoms with Crippen LogP contribution in [0.2, 0.25) is 0 Å². The van der Waals surface area contributed by atoms with Gasteiger partial charge in [0, 0.05) is 18.1 Å². The van der Waals surface area contributed by atoms with E-state index in [1.807, 2.05) is 42.2 Å². The minimum atomic E-state index is -1.19. The van der Waals surface area contributed by atoms with Crippen LogP contribution in [0.1, 0.15) is 17.3 Å². The number of fused-ring (bicyclic) bond motifs is 1. The van der Waals surface area contributed by atoms with Gasteiger partial charge in [-0.25, -0.2) is 4.79 Å². The summed E-state index contributed by atoms with van der Waals surface area (Å²) in [5.74, 6) is -1.19. The Morgan fingerprint density at radius 1 is 1.41 bits per heavy atom. The van der Waals surface area contributed by atoms with Crippen LogP contribution in [0.5, 0.6) is 0 Å². The largest absolute Gasteiger partial charge is 0.477 e. The fraction of sp³-hybridized carbons (Fsp3) is 0.188. The van der Waals surface area contributed by atoms with Crippen LogP contribution in [-0.4, -0.2) is 15.6 Å². The summed E-state index contributed by atoms with van der Waals surface area (Å²) in [4.78, 5) is 23.5. The molecule has 3 rings (SSSR count). The Balaban J connectivity index is 2.34. The van der Waals surface area contributed by atoms with Crippen LogP contribution in [0.25, 0.3) is 21.5 Å². The first kappa shape index (κ1) is 14.5. The summed E-state index contributed by atoms with van der Waals surface area (Å²) in [5, 5.41) is 12.7. The first-order valence-electron chi connectivity index (χ1n) is 6.87. The Kier molecular flexibility index (Phi) is 3.54. The highest BCUT2D eigenvalue weighted by atomic mass is 32.1. The number of carbonyl (C=O) groups is 1. The predicted molar refractivity (Wildman–Crippen MR) is 85.3 cm³/mol. The van der Waals surface area contributed by atoms with Crippen molar-refractivity contribution in [3.8, 4) is 10.6 Å². The zero-order valence-electron chi connectivity index (χ0n) is 12.2. The van der Waals surface area contributed by atoms with Crippen LogP contribution in [0, 0.1) is 0 Å². The van der Waals surface area contributed by atoms with Crippen LogP contribution in [0.3, 0.4) is 0 Å². The third-order valence-electron chi connectivity index (χ3n) is 3.68. The van der Waals surface area contributed by atoms with Crippen molar-refractivity contribution < 1.29 is 14.5 Å². The standard InChI is InChI=1S/C16H14N2O3S/c1-3-18-9-12(16(20)21)14(19)11-5-4-10(8-13(11)18)15-17(2)6-7-22-15/h4-9H,3H2,1-2H3/p+1. The Morgan fingerprint density at radius 2 is 2.18 bits per heavy atom. The van der Waals surface area contributed by atoms with E-state index in [0.717, 1.165) is 16.1 Å². The lowest BCUT2D eigenvalue weighted by atomic mass is 10.1. The van der Waals surface area contributed by atoms with Gasteiger partial charge in [-0.15, -0.1) is 0 Å². The highest BCUT2D eigenvalue weighted by Crippen LogP contribution is 2.24. The molecule has 1 aromatic carbocycles. The third kappa shape index (κ3) is 2.21. The molecule has 0 aliphatic heterocycles. The number of aryl methyl sites for hydroxylation is 2. The van der Waals surface area contributed by atoms with Gasteiger partial charge in [-0.1, -0.05) is 11.3 Å². The summed E-state index contributed by atoms with van der Waals surface area (Å²) in [6.45, 7) is 2.52. The number of aromatic nitrogens is 2. The lowest BCUT2D eigenvalue weighted by Gasteiger charge is -2.10. The number of rotatable bonds is 3. The van der Waals surface area contributed by atoms with Gasteiger partial charge in [-0.05, 0) is 25.1 Å². The maximum absolute atomic E-state index is 12.3. The predicted octanol–water partition coefficient (Wildman–Crippen LogP) is 2.27. The Bertz CT molecular complexity index is 940. The summed E-state index contributed by atoms with van der Waals surface area (Å²) in [6, 6.07) is 5.52. The smallest absolute Gasteiger partial charge is 0.341 e. The second kappa shape index (κ2) is 5.38. The second-order valence-corrected chi connectivity index (χ2v) is 5.91. The molecule has 0 bridgehead atoms. The van der Waals surface area contributed by atoms with E-state index in [4.69, 9.17) is 0 Å². The van der Waals surface area contributed by atoms with E-state index in [1.54, 1.807) is 22.0 Å². The quantitative estimate of drug-likeness (QED) is 0.754. The summed E-state index contributed by atoms with van der Waals surface area (Å²) >= 11 is 1.62. The SMILES string of the molecule is CCn1cc(C(=O)O)c(=O)c2ccc(-c3scc[n+]3C)cc21. The minimum Gasteiger partial charge on any atom is -0.477 e. The maximum Gasteiger partial charge on any atom is 0.341 e. The van der Waals surface area contributed by atoms with Crippen molar-refractivity contribution in [2.45, 2.75) is 13.5 Å². The number of thiazole rings is 1. The number of carboxylic acid groups (broad SMARTS) is 1. The van der Waals surface area contributed by atoms with Gasteiger partial charge in [0.05, 0.1) is 16.5 Å². The average molecular weight is 315 g/mol. The fourth-order valence-corrected chi connectivity index (χ4v) is 3.41. The van der Waals surface area contributed by atoms with Crippen molar-refractivity contribution in [1.29, 1.82) is 0 Å². The molecule has 2 aromatic heterocycles. The van der Waals surface area contributed by atoms with Crippen LogP contribution in [0.4, 0.5) is 0 Å². The topological polar surface area (TPSA) is 63.2 Å². The monoisotopic (exact) mass is 315 g/mol. The molecule has 0 unspecified atom stereocenters. The Morgan fingerprint density at radius 3 is 2.77 bits per heavy atom. The van der Waals surface area contributed by atoms with E-state index in [0.29, 0.717) is 11.9 Å². The molecule has 2 heterocycles. The van der Waals surface area contributed by atoms with Crippen molar-refractivity contribution in [2.75, 3.05) is 0 Å². The number of benzene rings is 1. The summed E-state index contributed by atoms with van der Waals surface area (Å²) < 4.78 is 3.82. The molecule has 0 radical (unpaired) electrons. The summed E-state index contributed by atoms with van der Waals surface area (Å²) in [7, 11) is 1.97. The van der Waals surface area contributed by atoms with Crippen molar-refractivity contribution in [2.24, 2.45) is 7.05 Å². The average Bonchev–Trinajstić information content (AvgIpc) is 2.93. The van der Waals surface area contributed by atoms with Crippen molar-refractivity contribution >= 4 is 28.2 Å². The van der Waals surface area contributed by atoms with Gasteiger partial charge in [0.25, 0.3) is 5.01 Å². The molecular weight excluding hydrogens is 300 g/mol. The van der Waals surface area contributed by atoms with Crippen molar-refractivity contribution in [3.63, 3.8) is 0 Å². The first-order valence-corrected chi connectivity index (χ1v) is 7.75. The highest BCUT2D eigenvalue weighted by molar-refractivity contribution is 7.12. The number of pyridine rings is 1. The molecule has 5 nitrogen and oxygen atoms in total. The normalized spacial score (nSPS) is 11.0. The number of hydrogen-bond acceptors (Lipinski definition) is 3. The van der Waals surface area contributed by atoms with E-state index in [2.05, 4.69) is 0 Å². The highest BCUT2D eigenvalue weighted by Gasteiger charge is 2.17. The number of aromatic carboxylic acids is 1. The van der Waals surface area contributed by atoms with E-state index in [9.17, 15) is 14.7 Å². The number of nitrogens with zero attached hydrogens (tertiary/aromatic N) is 2. The van der Waals surface area contributed by atoms with E-state index in [1.165, 1.54) is 6.20 Å². The van der Waals surface area contributed by atoms with Crippen LogP contribution in [0.15, 0.2) is 40.8 Å². The fourth-order valence-electron chi connectivity index (χ4n) is 2.55. The van der Waals surface area contributed by atoms with Crippen LogP contribution < -0.4 is 10.00 Å². The van der Waals surface area contributed by atoms with Crippen LogP contribution in [-0.2, 0) is 13.6 Å². The molecule has 0 aliphatic rings. The van der Waals surface area contributed by atoms with Gasteiger partial charge in [-0.3, -0.25) is 4.79 Å². The summed E-state index contributed by atoms with van der Waals surface area (Å²) in [5.41, 5.74) is 1.14. The van der Waals surface area contributed by atoms with Gasteiger partial charge in [0.1, 0.15) is 12.6 Å². The second-order valence-electron chi connectivity index (χ2n) is 5.01. The summed E-state index contributed by atoms with van der Waals surface area (Å²) in [6.07, 6.45) is 3.40. The third-order valence-corrected chi connectivity index (χ3v) is 4.69. The number of carboxylic acids is 1. The van der Waals surface area contributed by atoms with Gasteiger partial charge in [-0.2, -0.15) is 4.57 Å². The lowest BCUT2D eigenvalue weighted by Crippen LogP contribution is -2.26. The molecule has 0 saturated heterocycles. The molecule has 0 amide bonds. The Labute approximate surface area is 130 Å². The minimum absolute atomic E-state index is 0.191. The van der Waals surface area contributed by atoms with Gasteiger partial charge < -0.3 is 9.67 Å².